The minimum Gasteiger partial charge on any atom is -0.372 e. The van der Waals surface area contributed by atoms with Crippen molar-refractivity contribution < 1.29 is 0 Å². The molecule has 1 saturated carbocycles. The number of alkyl halides is 1. The lowest BCUT2D eigenvalue weighted by Crippen LogP contribution is -2.34. The molecule has 0 saturated heterocycles. The van der Waals surface area contributed by atoms with Crippen molar-refractivity contribution >= 4 is 17.3 Å². The van der Waals surface area contributed by atoms with Crippen LogP contribution in [0.5, 0.6) is 0 Å². The Morgan fingerprint density at radius 2 is 1.71 bits per heavy atom. The van der Waals surface area contributed by atoms with Gasteiger partial charge in [-0.25, -0.2) is 0 Å². The third-order valence-electron chi connectivity index (χ3n) is 4.03. The lowest BCUT2D eigenvalue weighted by Gasteiger charge is -2.35. The molecule has 2 heteroatoms. The van der Waals surface area contributed by atoms with Gasteiger partial charge >= 0.3 is 0 Å². The maximum Gasteiger partial charge on any atom is 0.0474 e. The molecule has 94 valence electrons. The van der Waals surface area contributed by atoms with Crippen LogP contribution >= 0.6 is 11.6 Å². The maximum absolute atomic E-state index is 5.81. The minimum absolute atomic E-state index is 0.602. The molecule has 17 heavy (non-hydrogen) atoms. The second-order valence-electron chi connectivity index (χ2n) is 5.32. The fraction of sp³-hybridized carbons (Fsp3) is 0.600. The van der Waals surface area contributed by atoms with E-state index >= 15 is 0 Å². The number of halogens is 1. The summed E-state index contributed by atoms with van der Waals surface area (Å²) in [6, 6.07) is 9.35. The summed E-state index contributed by atoms with van der Waals surface area (Å²) in [5, 5.41) is 0. The molecular weight excluding hydrogens is 230 g/mol. The lowest BCUT2D eigenvalue weighted by molar-refractivity contribution is 0.341. The molecule has 1 aliphatic carbocycles. The SMILES string of the molecule is CC1CCC(N(C)c2ccc(CCl)cc2)CC1. The van der Waals surface area contributed by atoms with E-state index in [1.54, 1.807) is 0 Å². The van der Waals surface area contributed by atoms with Crippen LogP contribution in [0.3, 0.4) is 0 Å². The highest BCUT2D eigenvalue weighted by molar-refractivity contribution is 6.17. The van der Waals surface area contributed by atoms with Gasteiger partial charge in [0.05, 0.1) is 0 Å². The monoisotopic (exact) mass is 251 g/mol. The molecule has 1 fully saturated rings. The quantitative estimate of drug-likeness (QED) is 0.718. The van der Waals surface area contributed by atoms with Gasteiger partial charge in [0.2, 0.25) is 0 Å². The van der Waals surface area contributed by atoms with Gasteiger partial charge in [-0.05, 0) is 49.3 Å². The zero-order chi connectivity index (χ0) is 12.3. The third kappa shape index (κ3) is 3.16. The Bertz CT molecular complexity index is 338. The van der Waals surface area contributed by atoms with Crippen molar-refractivity contribution in [3.05, 3.63) is 29.8 Å². The molecule has 1 aromatic rings. The van der Waals surface area contributed by atoms with Gasteiger partial charge in [0.15, 0.2) is 0 Å². The molecule has 2 rings (SSSR count). The first-order valence-electron chi connectivity index (χ1n) is 6.58. The van der Waals surface area contributed by atoms with E-state index in [0.717, 1.165) is 5.92 Å². The standard InChI is InChI=1S/C15H22ClN/c1-12-3-7-14(8-4-12)17(2)15-9-5-13(11-16)6-10-15/h5-6,9-10,12,14H,3-4,7-8,11H2,1-2H3. The highest BCUT2D eigenvalue weighted by Crippen LogP contribution is 2.29. The smallest absolute Gasteiger partial charge is 0.0474 e. The Labute approximate surface area is 110 Å². The van der Waals surface area contributed by atoms with Crippen molar-refractivity contribution in [3.63, 3.8) is 0 Å². The van der Waals surface area contributed by atoms with Crippen molar-refractivity contribution in [1.82, 2.24) is 0 Å². The molecule has 1 nitrogen and oxygen atoms in total. The first-order valence-corrected chi connectivity index (χ1v) is 7.12. The molecule has 1 aromatic carbocycles. The molecule has 0 aliphatic heterocycles. The normalized spacial score (nSPS) is 24.6. The topological polar surface area (TPSA) is 3.24 Å². The average Bonchev–Trinajstić information content (AvgIpc) is 2.39. The van der Waals surface area contributed by atoms with E-state index < -0.39 is 0 Å². The second kappa shape index (κ2) is 5.77. The molecule has 0 unspecified atom stereocenters. The number of hydrogen-bond donors (Lipinski definition) is 0. The Morgan fingerprint density at radius 1 is 1.12 bits per heavy atom. The van der Waals surface area contributed by atoms with Crippen LogP contribution in [0.15, 0.2) is 24.3 Å². The zero-order valence-electron chi connectivity index (χ0n) is 10.8. The number of anilines is 1. The zero-order valence-corrected chi connectivity index (χ0v) is 11.6. The van der Waals surface area contributed by atoms with Gasteiger partial charge in [0.1, 0.15) is 0 Å². The van der Waals surface area contributed by atoms with Crippen molar-refractivity contribution in [2.24, 2.45) is 5.92 Å². The highest BCUT2D eigenvalue weighted by atomic mass is 35.5. The second-order valence-corrected chi connectivity index (χ2v) is 5.59. The van der Waals surface area contributed by atoms with Gasteiger partial charge in [-0.15, -0.1) is 11.6 Å². The Hall–Kier alpha value is -0.690. The number of rotatable bonds is 3. The highest BCUT2D eigenvalue weighted by Gasteiger charge is 2.21. The van der Waals surface area contributed by atoms with E-state index in [4.69, 9.17) is 11.6 Å². The van der Waals surface area contributed by atoms with Crippen LogP contribution in [0.2, 0.25) is 0 Å². The Kier molecular flexibility index (Phi) is 4.33. The number of hydrogen-bond acceptors (Lipinski definition) is 1. The van der Waals surface area contributed by atoms with E-state index in [0.29, 0.717) is 11.9 Å². The molecule has 1 aliphatic rings. The van der Waals surface area contributed by atoms with Crippen LogP contribution in [0, 0.1) is 5.92 Å². The van der Waals surface area contributed by atoms with Crippen molar-refractivity contribution in [2.75, 3.05) is 11.9 Å². The summed E-state index contributed by atoms with van der Waals surface area (Å²) in [4.78, 5) is 2.43. The third-order valence-corrected chi connectivity index (χ3v) is 4.34. The van der Waals surface area contributed by atoms with Crippen LogP contribution in [0.1, 0.15) is 38.2 Å². The largest absolute Gasteiger partial charge is 0.372 e. The summed E-state index contributed by atoms with van der Waals surface area (Å²) in [5.41, 5.74) is 2.51. The van der Waals surface area contributed by atoms with E-state index in [9.17, 15) is 0 Å². The number of nitrogens with zero attached hydrogens (tertiary/aromatic N) is 1. The molecule has 0 bridgehead atoms. The summed E-state index contributed by atoms with van der Waals surface area (Å²) in [6.45, 7) is 2.37. The van der Waals surface area contributed by atoms with Crippen molar-refractivity contribution in [1.29, 1.82) is 0 Å². The van der Waals surface area contributed by atoms with E-state index in [2.05, 4.69) is 43.1 Å². The Morgan fingerprint density at radius 3 is 2.24 bits per heavy atom. The van der Waals surface area contributed by atoms with Gasteiger partial charge in [0, 0.05) is 24.7 Å². The van der Waals surface area contributed by atoms with Gasteiger partial charge in [0.25, 0.3) is 0 Å². The van der Waals surface area contributed by atoms with Gasteiger partial charge in [-0.2, -0.15) is 0 Å². The minimum atomic E-state index is 0.602. The first kappa shape index (κ1) is 12.8. The summed E-state index contributed by atoms with van der Waals surface area (Å²) in [7, 11) is 2.22. The molecule has 0 aromatic heterocycles. The summed E-state index contributed by atoms with van der Waals surface area (Å²) in [5.74, 6) is 1.52. The van der Waals surface area contributed by atoms with Crippen LogP contribution < -0.4 is 4.90 Å². The molecule has 0 spiro atoms. The van der Waals surface area contributed by atoms with E-state index in [-0.39, 0.29) is 0 Å². The van der Waals surface area contributed by atoms with Crippen molar-refractivity contribution in [3.8, 4) is 0 Å². The predicted octanol–water partition coefficient (Wildman–Crippen LogP) is 4.44. The van der Waals surface area contributed by atoms with Crippen molar-refractivity contribution in [2.45, 2.75) is 44.5 Å². The van der Waals surface area contributed by atoms with Crippen LogP contribution in [-0.2, 0) is 5.88 Å². The molecule has 0 heterocycles. The predicted molar refractivity (Wildman–Crippen MR) is 75.8 cm³/mol. The summed E-state index contributed by atoms with van der Waals surface area (Å²) >= 11 is 5.81. The average molecular weight is 252 g/mol. The fourth-order valence-electron chi connectivity index (χ4n) is 2.66. The van der Waals surface area contributed by atoms with Gasteiger partial charge in [-0.1, -0.05) is 19.1 Å². The lowest BCUT2D eigenvalue weighted by atomic mass is 9.86. The first-order chi connectivity index (χ1) is 8.20. The number of benzene rings is 1. The molecule has 0 atom stereocenters. The maximum atomic E-state index is 5.81. The molecule has 0 N–H and O–H groups in total. The van der Waals surface area contributed by atoms with Gasteiger partial charge < -0.3 is 4.90 Å². The molecule has 0 radical (unpaired) electrons. The van der Waals surface area contributed by atoms with Crippen LogP contribution in [0.4, 0.5) is 5.69 Å². The van der Waals surface area contributed by atoms with Crippen LogP contribution in [0.25, 0.3) is 0 Å². The Balaban J connectivity index is 2.00. The van der Waals surface area contributed by atoms with E-state index in [1.807, 2.05) is 0 Å². The summed E-state index contributed by atoms with van der Waals surface area (Å²) < 4.78 is 0. The van der Waals surface area contributed by atoms with Crippen LogP contribution in [-0.4, -0.2) is 13.1 Å². The summed E-state index contributed by atoms with van der Waals surface area (Å²) in [6.07, 6.45) is 5.40. The fourth-order valence-corrected chi connectivity index (χ4v) is 2.84. The molecular formula is C15H22ClN. The van der Waals surface area contributed by atoms with E-state index in [1.165, 1.54) is 36.9 Å². The molecule has 0 amide bonds. The van der Waals surface area contributed by atoms with Gasteiger partial charge in [-0.3, -0.25) is 0 Å².